The van der Waals surface area contributed by atoms with Crippen molar-refractivity contribution in [2.24, 2.45) is 0 Å². The lowest BCUT2D eigenvalue weighted by molar-refractivity contribution is 0.112. The Morgan fingerprint density at radius 1 is 1.56 bits per heavy atom. The summed E-state index contributed by atoms with van der Waals surface area (Å²) >= 11 is 3.46. The third kappa shape index (κ3) is 1.53. The fourth-order valence-corrected chi connectivity index (χ4v) is 2.69. The van der Waals surface area contributed by atoms with E-state index in [1.54, 1.807) is 6.26 Å². The Bertz CT molecular complexity index is 512. The minimum absolute atomic E-state index is 0.688. The van der Waals surface area contributed by atoms with Crippen molar-refractivity contribution in [3.8, 4) is 11.5 Å². The molecule has 0 saturated heterocycles. The number of hydrogen-bond acceptors (Lipinski definition) is 2. The van der Waals surface area contributed by atoms with E-state index in [2.05, 4.69) is 20.5 Å². The molecule has 2 aromatic rings. The molecule has 0 spiro atoms. The summed E-state index contributed by atoms with van der Waals surface area (Å²) in [6.45, 7) is 4.78. The monoisotopic (exact) mass is 281 g/mol. The van der Waals surface area contributed by atoms with Crippen LogP contribution in [0.4, 0.5) is 0 Å². The lowest BCUT2D eigenvalue weighted by Crippen LogP contribution is -1.99. The van der Waals surface area contributed by atoms with Gasteiger partial charge in [-0.15, -0.1) is 0 Å². The molecule has 0 aromatic carbocycles. The zero-order valence-corrected chi connectivity index (χ0v) is 10.7. The fraction of sp³-hybridized carbons (Fsp3) is 0.250. The van der Waals surface area contributed by atoms with Gasteiger partial charge in [0.2, 0.25) is 0 Å². The number of furan rings is 1. The largest absolute Gasteiger partial charge is 0.463 e. The van der Waals surface area contributed by atoms with Gasteiger partial charge in [0, 0.05) is 17.8 Å². The van der Waals surface area contributed by atoms with Crippen LogP contribution in [0.1, 0.15) is 23.0 Å². The van der Waals surface area contributed by atoms with E-state index in [9.17, 15) is 4.79 Å². The average molecular weight is 282 g/mol. The van der Waals surface area contributed by atoms with E-state index in [1.807, 2.05) is 26.0 Å². The van der Waals surface area contributed by atoms with E-state index in [4.69, 9.17) is 4.42 Å². The van der Waals surface area contributed by atoms with Crippen LogP contribution in [-0.4, -0.2) is 10.9 Å². The van der Waals surface area contributed by atoms with Crippen molar-refractivity contribution in [1.29, 1.82) is 0 Å². The summed E-state index contributed by atoms with van der Waals surface area (Å²) in [5.41, 5.74) is 2.57. The molecule has 2 heterocycles. The van der Waals surface area contributed by atoms with Crippen LogP contribution in [0.3, 0.4) is 0 Å². The molecule has 2 aromatic heterocycles. The maximum Gasteiger partial charge on any atom is 0.153 e. The minimum atomic E-state index is 0.688. The van der Waals surface area contributed by atoms with Gasteiger partial charge in [0.15, 0.2) is 12.0 Å². The van der Waals surface area contributed by atoms with Crippen molar-refractivity contribution < 1.29 is 9.21 Å². The van der Waals surface area contributed by atoms with Crippen molar-refractivity contribution in [3.05, 3.63) is 34.1 Å². The fourth-order valence-electron chi connectivity index (χ4n) is 1.90. The van der Waals surface area contributed by atoms with Gasteiger partial charge in [-0.05, 0) is 41.9 Å². The van der Waals surface area contributed by atoms with Crippen LogP contribution in [0.25, 0.3) is 11.5 Å². The van der Waals surface area contributed by atoms with Gasteiger partial charge in [-0.25, -0.2) is 0 Å². The van der Waals surface area contributed by atoms with Crippen LogP contribution in [0.5, 0.6) is 0 Å². The maximum atomic E-state index is 11.0. The molecule has 0 N–H and O–H groups in total. The number of hydrogen-bond donors (Lipinski definition) is 0. The van der Waals surface area contributed by atoms with Crippen LogP contribution >= 0.6 is 15.9 Å². The standard InChI is InChI=1S/C12H12BrNO2/c1-3-14-8(2)9(7-15)11(13)12(14)10-5-4-6-16-10/h4-7H,3H2,1-2H3. The first-order valence-electron chi connectivity index (χ1n) is 5.08. The molecule has 3 nitrogen and oxygen atoms in total. The van der Waals surface area contributed by atoms with Crippen LogP contribution in [0, 0.1) is 6.92 Å². The van der Waals surface area contributed by atoms with Gasteiger partial charge in [-0.1, -0.05) is 0 Å². The molecule has 0 atom stereocenters. The highest BCUT2D eigenvalue weighted by Crippen LogP contribution is 2.35. The molecular formula is C12H12BrNO2. The van der Waals surface area contributed by atoms with Gasteiger partial charge in [0.05, 0.1) is 16.4 Å². The van der Waals surface area contributed by atoms with Crippen molar-refractivity contribution in [2.75, 3.05) is 0 Å². The van der Waals surface area contributed by atoms with Gasteiger partial charge < -0.3 is 8.98 Å². The topological polar surface area (TPSA) is 35.1 Å². The highest BCUT2D eigenvalue weighted by atomic mass is 79.9. The highest BCUT2D eigenvalue weighted by molar-refractivity contribution is 9.10. The first-order chi connectivity index (χ1) is 7.70. The lowest BCUT2D eigenvalue weighted by Gasteiger charge is -2.06. The quantitative estimate of drug-likeness (QED) is 0.805. The molecule has 0 aliphatic heterocycles. The second-order valence-electron chi connectivity index (χ2n) is 3.50. The van der Waals surface area contributed by atoms with E-state index in [0.29, 0.717) is 5.56 Å². The molecule has 0 aliphatic rings. The molecule has 0 bridgehead atoms. The Hall–Kier alpha value is -1.29. The average Bonchev–Trinajstić information content (AvgIpc) is 2.85. The summed E-state index contributed by atoms with van der Waals surface area (Å²) in [4.78, 5) is 11.0. The molecule has 16 heavy (non-hydrogen) atoms. The molecule has 0 amide bonds. The number of carbonyl (C=O) groups is 1. The summed E-state index contributed by atoms with van der Waals surface area (Å²) in [7, 11) is 0. The summed E-state index contributed by atoms with van der Waals surface area (Å²) in [5, 5.41) is 0. The van der Waals surface area contributed by atoms with Crippen molar-refractivity contribution in [1.82, 2.24) is 4.57 Å². The summed E-state index contributed by atoms with van der Waals surface area (Å²) < 4.78 is 8.25. The molecule has 0 radical (unpaired) electrons. The zero-order valence-electron chi connectivity index (χ0n) is 9.16. The lowest BCUT2D eigenvalue weighted by atomic mass is 10.2. The van der Waals surface area contributed by atoms with Crippen LogP contribution in [0.2, 0.25) is 0 Å². The van der Waals surface area contributed by atoms with Crippen molar-refractivity contribution in [3.63, 3.8) is 0 Å². The van der Waals surface area contributed by atoms with Gasteiger partial charge in [-0.2, -0.15) is 0 Å². The molecule has 4 heteroatoms. The van der Waals surface area contributed by atoms with Crippen molar-refractivity contribution >= 4 is 22.2 Å². The second kappa shape index (κ2) is 4.29. The third-order valence-corrected chi connectivity index (χ3v) is 3.50. The highest BCUT2D eigenvalue weighted by Gasteiger charge is 2.20. The van der Waals surface area contributed by atoms with E-state index in [0.717, 1.165) is 34.5 Å². The Morgan fingerprint density at radius 3 is 2.81 bits per heavy atom. The molecule has 0 unspecified atom stereocenters. The van der Waals surface area contributed by atoms with Gasteiger partial charge >= 0.3 is 0 Å². The Morgan fingerprint density at radius 2 is 2.31 bits per heavy atom. The summed E-state index contributed by atoms with van der Waals surface area (Å²) in [5.74, 6) is 0.768. The van der Waals surface area contributed by atoms with Crippen LogP contribution < -0.4 is 0 Å². The Kier molecular flexibility index (Phi) is 3.01. The molecule has 84 valence electrons. The van der Waals surface area contributed by atoms with E-state index in [-0.39, 0.29) is 0 Å². The predicted octanol–water partition coefficient (Wildman–Crippen LogP) is 3.65. The van der Waals surface area contributed by atoms with E-state index >= 15 is 0 Å². The predicted molar refractivity (Wildman–Crippen MR) is 65.6 cm³/mol. The molecular weight excluding hydrogens is 270 g/mol. The number of carbonyl (C=O) groups excluding carboxylic acids is 1. The zero-order chi connectivity index (χ0) is 11.7. The summed E-state index contributed by atoms with van der Waals surface area (Å²) in [6, 6.07) is 3.73. The summed E-state index contributed by atoms with van der Waals surface area (Å²) in [6.07, 6.45) is 2.50. The molecule has 0 aliphatic carbocycles. The third-order valence-electron chi connectivity index (χ3n) is 2.70. The SMILES string of the molecule is CCn1c(C)c(C=O)c(Br)c1-c1ccco1. The number of nitrogens with zero attached hydrogens (tertiary/aromatic N) is 1. The van der Waals surface area contributed by atoms with Crippen LogP contribution in [-0.2, 0) is 6.54 Å². The molecule has 0 saturated carbocycles. The van der Waals surface area contributed by atoms with Gasteiger partial charge in [0.1, 0.15) is 0 Å². The minimum Gasteiger partial charge on any atom is -0.463 e. The van der Waals surface area contributed by atoms with E-state index < -0.39 is 0 Å². The Balaban J connectivity index is 2.73. The molecule has 2 rings (SSSR count). The maximum absolute atomic E-state index is 11.0. The first kappa shape index (κ1) is 11.2. The van der Waals surface area contributed by atoms with Crippen LogP contribution in [0.15, 0.2) is 27.3 Å². The number of aromatic nitrogens is 1. The van der Waals surface area contributed by atoms with Gasteiger partial charge in [0.25, 0.3) is 0 Å². The smallest absolute Gasteiger partial charge is 0.153 e. The number of aldehydes is 1. The number of halogens is 1. The normalized spacial score (nSPS) is 10.7. The van der Waals surface area contributed by atoms with Crippen molar-refractivity contribution in [2.45, 2.75) is 20.4 Å². The van der Waals surface area contributed by atoms with Gasteiger partial charge in [-0.3, -0.25) is 4.79 Å². The second-order valence-corrected chi connectivity index (χ2v) is 4.29. The first-order valence-corrected chi connectivity index (χ1v) is 5.87. The molecule has 0 fully saturated rings. The number of rotatable bonds is 3. The Labute approximate surface area is 102 Å². The van der Waals surface area contributed by atoms with E-state index in [1.165, 1.54) is 0 Å².